The standard InChI is InChI=1S/C15H31N3O.HI/c1-3-4-5-6-11-17-14(16)18-13-15(8-7-9-15)10-12-19-2;/h3-13H2,1-2H3,(H3,16,17,18);1H. The molecule has 0 radical (unpaired) electrons. The molecule has 0 aliphatic heterocycles. The van der Waals surface area contributed by atoms with E-state index in [1.54, 1.807) is 7.11 Å². The highest BCUT2D eigenvalue weighted by molar-refractivity contribution is 14.0. The van der Waals surface area contributed by atoms with Gasteiger partial charge in [0.1, 0.15) is 0 Å². The zero-order chi connectivity index (χ0) is 14.0. The van der Waals surface area contributed by atoms with Crippen LogP contribution in [0.1, 0.15) is 58.3 Å². The number of nitrogens with zero attached hydrogens (tertiary/aromatic N) is 1. The number of hydrogen-bond acceptors (Lipinski definition) is 2. The number of halogens is 1. The number of guanidine groups is 1. The molecular weight excluding hydrogens is 365 g/mol. The van der Waals surface area contributed by atoms with Crippen LogP contribution < -0.4 is 11.1 Å². The predicted octanol–water partition coefficient (Wildman–Crippen LogP) is 3.30. The third-order valence-electron chi connectivity index (χ3n) is 4.17. The van der Waals surface area contributed by atoms with Crippen molar-refractivity contribution < 1.29 is 4.74 Å². The molecule has 0 unspecified atom stereocenters. The second-order valence-corrected chi connectivity index (χ2v) is 5.79. The van der Waals surface area contributed by atoms with E-state index in [2.05, 4.69) is 17.2 Å². The molecule has 0 aromatic carbocycles. The van der Waals surface area contributed by atoms with Crippen LogP contribution in [0.3, 0.4) is 0 Å². The van der Waals surface area contributed by atoms with Crippen molar-refractivity contribution in [1.29, 1.82) is 0 Å². The van der Waals surface area contributed by atoms with Gasteiger partial charge in [-0.1, -0.05) is 32.6 Å². The van der Waals surface area contributed by atoms with E-state index in [-0.39, 0.29) is 24.0 Å². The van der Waals surface area contributed by atoms with Crippen molar-refractivity contribution in [2.75, 3.05) is 26.8 Å². The minimum atomic E-state index is 0. The SMILES string of the molecule is CCCCCCNC(N)=NCC1(CCOC)CCC1.I. The lowest BCUT2D eigenvalue weighted by Crippen LogP contribution is -2.37. The van der Waals surface area contributed by atoms with Gasteiger partial charge in [-0.25, -0.2) is 0 Å². The van der Waals surface area contributed by atoms with Gasteiger partial charge in [-0.05, 0) is 31.1 Å². The second kappa shape index (κ2) is 11.6. The molecule has 0 heterocycles. The van der Waals surface area contributed by atoms with E-state index < -0.39 is 0 Å². The van der Waals surface area contributed by atoms with E-state index in [4.69, 9.17) is 10.5 Å². The second-order valence-electron chi connectivity index (χ2n) is 5.79. The zero-order valence-corrected chi connectivity index (χ0v) is 15.4. The molecule has 1 fully saturated rings. The number of hydrogen-bond donors (Lipinski definition) is 2. The van der Waals surface area contributed by atoms with Gasteiger partial charge in [0.2, 0.25) is 0 Å². The molecule has 1 aliphatic carbocycles. The Balaban J connectivity index is 0.00000361. The monoisotopic (exact) mass is 397 g/mol. The molecule has 0 aromatic heterocycles. The fraction of sp³-hybridized carbons (Fsp3) is 0.933. The quantitative estimate of drug-likeness (QED) is 0.257. The van der Waals surface area contributed by atoms with Crippen LogP contribution in [0.2, 0.25) is 0 Å². The Bertz CT molecular complexity index is 268. The molecule has 5 heteroatoms. The minimum Gasteiger partial charge on any atom is -0.385 e. The van der Waals surface area contributed by atoms with Gasteiger partial charge in [0.25, 0.3) is 0 Å². The number of aliphatic imine (C=N–C) groups is 1. The molecule has 0 bridgehead atoms. The largest absolute Gasteiger partial charge is 0.385 e. The maximum absolute atomic E-state index is 5.91. The Kier molecular flexibility index (Phi) is 11.6. The summed E-state index contributed by atoms with van der Waals surface area (Å²) in [4.78, 5) is 4.52. The molecule has 1 rings (SSSR count). The summed E-state index contributed by atoms with van der Waals surface area (Å²) in [5, 5.41) is 3.21. The van der Waals surface area contributed by atoms with Crippen LogP contribution >= 0.6 is 24.0 Å². The van der Waals surface area contributed by atoms with E-state index in [9.17, 15) is 0 Å². The van der Waals surface area contributed by atoms with E-state index in [0.717, 1.165) is 26.1 Å². The average Bonchev–Trinajstić information content (AvgIpc) is 2.37. The molecule has 3 N–H and O–H groups in total. The van der Waals surface area contributed by atoms with Crippen LogP contribution in [0.25, 0.3) is 0 Å². The van der Waals surface area contributed by atoms with Crippen LogP contribution in [-0.4, -0.2) is 32.8 Å². The van der Waals surface area contributed by atoms with Crippen LogP contribution in [-0.2, 0) is 4.74 Å². The van der Waals surface area contributed by atoms with Gasteiger partial charge in [-0.2, -0.15) is 0 Å². The van der Waals surface area contributed by atoms with Crippen molar-refractivity contribution in [2.24, 2.45) is 16.1 Å². The van der Waals surface area contributed by atoms with Crippen molar-refractivity contribution >= 4 is 29.9 Å². The predicted molar refractivity (Wildman–Crippen MR) is 96.8 cm³/mol. The zero-order valence-electron chi connectivity index (χ0n) is 13.1. The van der Waals surface area contributed by atoms with Gasteiger partial charge in [0, 0.05) is 26.8 Å². The molecule has 0 amide bonds. The molecular formula is C15H32IN3O. The highest BCUT2D eigenvalue weighted by atomic mass is 127. The Labute approximate surface area is 141 Å². The van der Waals surface area contributed by atoms with E-state index in [1.807, 2.05) is 0 Å². The molecule has 4 nitrogen and oxygen atoms in total. The van der Waals surface area contributed by atoms with Crippen LogP contribution in [0.5, 0.6) is 0 Å². The summed E-state index contributed by atoms with van der Waals surface area (Å²) >= 11 is 0. The topological polar surface area (TPSA) is 59.6 Å². The molecule has 0 spiro atoms. The summed E-state index contributed by atoms with van der Waals surface area (Å²) in [6.07, 6.45) is 9.99. The molecule has 0 aromatic rings. The van der Waals surface area contributed by atoms with Crippen molar-refractivity contribution in [3.05, 3.63) is 0 Å². The van der Waals surface area contributed by atoms with E-state index >= 15 is 0 Å². The number of ether oxygens (including phenoxy) is 1. The lowest BCUT2D eigenvalue weighted by Gasteiger charge is -2.40. The van der Waals surface area contributed by atoms with Crippen molar-refractivity contribution in [3.63, 3.8) is 0 Å². The fourth-order valence-corrected chi connectivity index (χ4v) is 2.56. The first-order valence-electron chi connectivity index (χ1n) is 7.75. The normalized spacial score (nSPS) is 17.2. The Morgan fingerprint density at radius 1 is 1.30 bits per heavy atom. The lowest BCUT2D eigenvalue weighted by atomic mass is 9.67. The van der Waals surface area contributed by atoms with E-state index in [1.165, 1.54) is 44.9 Å². The van der Waals surface area contributed by atoms with Crippen LogP contribution in [0.4, 0.5) is 0 Å². The first kappa shape index (κ1) is 20.0. The average molecular weight is 397 g/mol. The fourth-order valence-electron chi connectivity index (χ4n) is 2.56. The number of methoxy groups -OCH3 is 1. The summed E-state index contributed by atoms with van der Waals surface area (Å²) in [5.74, 6) is 0.611. The molecule has 1 saturated carbocycles. The Morgan fingerprint density at radius 3 is 2.60 bits per heavy atom. The molecule has 0 saturated heterocycles. The first-order chi connectivity index (χ1) is 9.22. The molecule has 1 aliphatic rings. The van der Waals surface area contributed by atoms with Gasteiger partial charge in [-0.15, -0.1) is 24.0 Å². The van der Waals surface area contributed by atoms with Gasteiger partial charge in [-0.3, -0.25) is 4.99 Å². The highest BCUT2D eigenvalue weighted by Crippen LogP contribution is 2.44. The van der Waals surface area contributed by atoms with Crippen LogP contribution in [0, 0.1) is 5.41 Å². The number of nitrogens with one attached hydrogen (secondary N) is 1. The summed E-state index contributed by atoms with van der Waals surface area (Å²) in [7, 11) is 1.77. The number of rotatable bonds is 10. The summed E-state index contributed by atoms with van der Waals surface area (Å²) in [6.45, 7) is 4.85. The third-order valence-corrected chi connectivity index (χ3v) is 4.17. The molecule has 120 valence electrons. The molecule has 20 heavy (non-hydrogen) atoms. The number of unbranched alkanes of at least 4 members (excludes halogenated alkanes) is 3. The van der Waals surface area contributed by atoms with Gasteiger partial charge in [0.05, 0.1) is 0 Å². The van der Waals surface area contributed by atoms with Crippen molar-refractivity contribution in [3.8, 4) is 0 Å². The minimum absolute atomic E-state index is 0. The smallest absolute Gasteiger partial charge is 0.188 e. The summed E-state index contributed by atoms with van der Waals surface area (Å²) in [5.41, 5.74) is 6.28. The van der Waals surface area contributed by atoms with Crippen molar-refractivity contribution in [2.45, 2.75) is 58.3 Å². The van der Waals surface area contributed by atoms with E-state index in [0.29, 0.717) is 11.4 Å². The number of nitrogens with two attached hydrogens (primary N) is 1. The first-order valence-corrected chi connectivity index (χ1v) is 7.75. The highest BCUT2D eigenvalue weighted by Gasteiger charge is 2.36. The Hall–Kier alpha value is -0.0400. The maximum atomic E-state index is 5.91. The molecule has 0 atom stereocenters. The summed E-state index contributed by atoms with van der Waals surface area (Å²) < 4.78 is 5.19. The van der Waals surface area contributed by atoms with Gasteiger partial charge < -0.3 is 15.8 Å². The Morgan fingerprint density at radius 2 is 2.05 bits per heavy atom. The van der Waals surface area contributed by atoms with Crippen molar-refractivity contribution in [1.82, 2.24) is 5.32 Å². The van der Waals surface area contributed by atoms with Gasteiger partial charge >= 0.3 is 0 Å². The lowest BCUT2D eigenvalue weighted by molar-refractivity contribution is 0.0779. The maximum Gasteiger partial charge on any atom is 0.188 e. The van der Waals surface area contributed by atoms with Crippen LogP contribution in [0.15, 0.2) is 4.99 Å². The summed E-state index contributed by atoms with van der Waals surface area (Å²) in [6, 6.07) is 0. The van der Waals surface area contributed by atoms with Gasteiger partial charge in [0.15, 0.2) is 5.96 Å². The third kappa shape index (κ3) is 7.67.